The number of hydrogen-bond acceptors (Lipinski definition) is 8. The molecule has 2 aromatic heterocycles. The van der Waals surface area contributed by atoms with Gasteiger partial charge in [-0.2, -0.15) is 10.4 Å². The van der Waals surface area contributed by atoms with Crippen molar-refractivity contribution in [2.24, 2.45) is 0 Å². The number of nitrogen functional groups attached to an aromatic ring is 1. The highest BCUT2D eigenvalue weighted by molar-refractivity contribution is 5.99. The van der Waals surface area contributed by atoms with Crippen LogP contribution in [0.25, 0.3) is 22.3 Å². The first-order chi connectivity index (χ1) is 20.2. The Morgan fingerprint density at radius 2 is 2.00 bits per heavy atom. The van der Waals surface area contributed by atoms with Crippen molar-refractivity contribution in [1.29, 1.82) is 5.26 Å². The first-order valence-electron chi connectivity index (χ1n) is 13.8. The molecule has 1 aliphatic rings. The summed E-state index contributed by atoms with van der Waals surface area (Å²) in [6.07, 6.45) is 4.37. The molecule has 1 amide bonds. The van der Waals surface area contributed by atoms with Gasteiger partial charge in [-0.3, -0.25) is 4.79 Å². The Bertz CT molecular complexity index is 1680. The van der Waals surface area contributed by atoms with Crippen molar-refractivity contribution in [1.82, 2.24) is 24.6 Å². The van der Waals surface area contributed by atoms with Gasteiger partial charge in [0, 0.05) is 24.8 Å². The summed E-state index contributed by atoms with van der Waals surface area (Å²) in [6, 6.07) is 15.4. The first-order valence-corrected chi connectivity index (χ1v) is 13.8. The number of nitrogens with zero attached hydrogens (tertiary/aromatic N) is 6. The maximum absolute atomic E-state index is 15.5. The number of aromatic nitrogens is 4. The zero-order valence-electron chi connectivity index (χ0n) is 23.7. The number of rotatable bonds is 9. The van der Waals surface area contributed by atoms with E-state index in [4.69, 9.17) is 20.3 Å². The number of amides is 1. The molecular weight excluding hydrogens is 537 g/mol. The van der Waals surface area contributed by atoms with Crippen LogP contribution < -0.4 is 10.5 Å². The SMILES string of the molecule is CCOC(C)(C)C=C(C#N)C(=O)N1CCC[C@@H]1Cn1nc(-c2ccc(Oc3ccccc3)cc2F)c2c(N)ncnc21. The maximum Gasteiger partial charge on any atom is 0.264 e. The Kier molecular flexibility index (Phi) is 8.17. The monoisotopic (exact) mass is 569 g/mol. The molecule has 2 N–H and O–H groups in total. The van der Waals surface area contributed by atoms with Crippen LogP contribution in [0.15, 0.2) is 66.5 Å². The van der Waals surface area contributed by atoms with Crippen LogP contribution in [-0.4, -0.2) is 55.4 Å². The number of nitrogens with two attached hydrogens (primary N) is 1. The van der Waals surface area contributed by atoms with Crippen molar-refractivity contribution in [3.8, 4) is 28.8 Å². The van der Waals surface area contributed by atoms with Crippen LogP contribution in [0.3, 0.4) is 0 Å². The van der Waals surface area contributed by atoms with Crippen LogP contribution in [-0.2, 0) is 16.1 Å². The quantitative estimate of drug-likeness (QED) is 0.213. The number of likely N-dealkylation sites (tertiary alicyclic amines) is 1. The number of nitriles is 1. The summed E-state index contributed by atoms with van der Waals surface area (Å²) >= 11 is 0. The van der Waals surface area contributed by atoms with Gasteiger partial charge in [0.2, 0.25) is 0 Å². The van der Waals surface area contributed by atoms with E-state index in [1.165, 1.54) is 12.4 Å². The molecule has 4 aromatic rings. The molecule has 1 saturated heterocycles. The number of halogens is 1. The molecule has 3 heterocycles. The Labute approximate surface area is 243 Å². The largest absolute Gasteiger partial charge is 0.457 e. The third-order valence-corrected chi connectivity index (χ3v) is 7.11. The van der Waals surface area contributed by atoms with Gasteiger partial charge in [-0.15, -0.1) is 0 Å². The predicted octanol–water partition coefficient (Wildman–Crippen LogP) is 5.26. The zero-order chi connectivity index (χ0) is 29.9. The molecule has 42 heavy (non-hydrogen) atoms. The predicted molar refractivity (Wildman–Crippen MR) is 156 cm³/mol. The fraction of sp³-hybridized carbons (Fsp3) is 0.323. The van der Waals surface area contributed by atoms with Crippen LogP contribution in [0.1, 0.15) is 33.6 Å². The van der Waals surface area contributed by atoms with E-state index in [-0.39, 0.29) is 35.4 Å². The van der Waals surface area contributed by atoms with E-state index in [1.807, 2.05) is 45.0 Å². The molecule has 0 unspecified atom stereocenters. The lowest BCUT2D eigenvalue weighted by Gasteiger charge is -2.26. The summed E-state index contributed by atoms with van der Waals surface area (Å²) in [7, 11) is 0. The standard InChI is InChI=1S/C31H32FN7O3/c1-4-41-31(2,3)16-20(17-33)30(40)38-14-8-9-21(38)18-39-29-26(28(34)35-19-36-29)27(37-39)24-13-12-23(15-25(24)32)42-22-10-6-5-7-11-22/h5-7,10-13,15-16,19,21H,4,8-9,14,18H2,1-3H3,(H2,34,35,36)/t21-/m1/s1. The molecule has 216 valence electrons. The van der Waals surface area contributed by atoms with E-state index in [9.17, 15) is 10.1 Å². The van der Waals surface area contributed by atoms with Crippen LogP contribution in [0.5, 0.6) is 11.5 Å². The average molecular weight is 570 g/mol. The van der Waals surface area contributed by atoms with E-state index < -0.39 is 11.4 Å². The maximum atomic E-state index is 15.5. The molecule has 0 bridgehead atoms. The molecule has 1 atom stereocenters. The fourth-order valence-corrected chi connectivity index (χ4v) is 5.27. The van der Waals surface area contributed by atoms with Crippen molar-refractivity contribution in [2.75, 3.05) is 18.9 Å². The van der Waals surface area contributed by atoms with Gasteiger partial charge in [0.15, 0.2) is 5.65 Å². The van der Waals surface area contributed by atoms with Crippen molar-refractivity contribution in [2.45, 2.75) is 51.8 Å². The second-order valence-electron chi connectivity index (χ2n) is 10.5. The summed E-state index contributed by atoms with van der Waals surface area (Å²) in [5.41, 5.74) is 6.43. The van der Waals surface area contributed by atoms with Gasteiger partial charge < -0.3 is 20.1 Å². The molecule has 2 aromatic carbocycles. The first kappa shape index (κ1) is 28.7. The van der Waals surface area contributed by atoms with E-state index in [0.717, 1.165) is 6.42 Å². The molecule has 0 aliphatic carbocycles. The molecule has 0 saturated carbocycles. The lowest BCUT2D eigenvalue weighted by molar-refractivity contribution is -0.127. The van der Waals surface area contributed by atoms with Crippen LogP contribution in [0.2, 0.25) is 0 Å². The van der Waals surface area contributed by atoms with Crippen molar-refractivity contribution in [3.63, 3.8) is 0 Å². The van der Waals surface area contributed by atoms with Gasteiger partial charge in [-0.1, -0.05) is 18.2 Å². The molecule has 11 heteroatoms. The number of para-hydroxylation sites is 1. The van der Waals surface area contributed by atoms with Gasteiger partial charge in [0.1, 0.15) is 46.8 Å². The van der Waals surface area contributed by atoms with Gasteiger partial charge in [-0.25, -0.2) is 19.0 Å². The minimum Gasteiger partial charge on any atom is -0.457 e. The van der Waals surface area contributed by atoms with Crippen molar-refractivity contribution >= 4 is 22.8 Å². The van der Waals surface area contributed by atoms with Crippen LogP contribution in [0.4, 0.5) is 10.2 Å². The highest BCUT2D eigenvalue weighted by Crippen LogP contribution is 2.35. The molecule has 0 spiro atoms. The van der Waals surface area contributed by atoms with E-state index in [0.29, 0.717) is 47.8 Å². The zero-order valence-corrected chi connectivity index (χ0v) is 23.7. The Balaban J connectivity index is 1.45. The molecule has 1 aliphatic heterocycles. The lowest BCUT2D eigenvalue weighted by Crippen LogP contribution is -2.39. The molecular formula is C31H32FN7O3. The summed E-state index contributed by atoms with van der Waals surface area (Å²) in [5, 5.41) is 14.9. The van der Waals surface area contributed by atoms with Gasteiger partial charge in [0.05, 0.1) is 23.6 Å². The number of hydrogen-bond donors (Lipinski definition) is 1. The molecule has 1 fully saturated rings. The van der Waals surface area contributed by atoms with Crippen LogP contribution >= 0.6 is 0 Å². The number of fused-ring (bicyclic) bond motifs is 1. The summed E-state index contributed by atoms with van der Waals surface area (Å²) in [5.74, 6) is 0.181. The Hall–Kier alpha value is -4.82. The van der Waals surface area contributed by atoms with Gasteiger partial charge >= 0.3 is 0 Å². The van der Waals surface area contributed by atoms with E-state index in [2.05, 4.69) is 9.97 Å². The van der Waals surface area contributed by atoms with Crippen LogP contribution in [0, 0.1) is 17.1 Å². The molecule has 0 radical (unpaired) electrons. The normalized spacial score (nSPS) is 15.6. The Morgan fingerprint density at radius 3 is 2.71 bits per heavy atom. The van der Waals surface area contributed by atoms with Crippen molar-refractivity contribution < 1.29 is 18.7 Å². The van der Waals surface area contributed by atoms with Gasteiger partial charge in [0.25, 0.3) is 5.91 Å². The molecule has 10 nitrogen and oxygen atoms in total. The minimum absolute atomic E-state index is 0.0258. The van der Waals surface area contributed by atoms with E-state index in [1.54, 1.807) is 39.9 Å². The van der Waals surface area contributed by atoms with Gasteiger partial charge in [-0.05, 0) is 64.0 Å². The second-order valence-corrected chi connectivity index (χ2v) is 10.5. The third kappa shape index (κ3) is 5.94. The number of ether oxygens (including phenoxy) is 2. The van der Waals surface area contributed by atoms with E-state index >= 15 is 4.39 Å². The third-order valence-electron chi connectivity index (χ3n) is 7.11. The highest BCUT2D eigenvalue weighted by Gasteiger charge is 2.33. The topological polar surface area (TPSA) is 132 Å². The second kappa shape index (κ2) is 12.0. The average Bonchev–Trinajstić information content (AvgIpc) is 3.58. The number of carbonyl (C=O) groups excluding carboxylic acids is 1. The number of carbonyl (C=O) groups is 1. The summed E-state index contributed by atoms with van der Waals surface area (Å²) in [6.45, 7) is 6.71. The summed E-state index contributed by atoms with van der Waals surface area (Å²) < 4.78 is 28.6. The molecule has 5 rings (SSSR count). The lowest BCUT2D eigenvalue weighted by atomic mass is 10.0. The smallest absolute Gasteiger partial charge is 0.264 e. The highest BCUT2D eigenvalue weighted by atomic mass is 19.1. The van der Waals surface area contributed by atoms with Crippen molar-refractivity contribution in [3.05, 3.63) is 72.3 Å². The summed E-state index contributed by atoms with van der Waals surface area (Å²) in [4.78, 5) is 23.7. The minimum atomic E-state index is -0.766. The number of benzene rings is 2. The Morgan fingerprint density at radius 1 is 1.21 bits per heavy atom. The fourth-order valence-electron chi connectivity index (χ4n) is 5.27. The number of anilines is 1.